The van der Waals surface area contributed by atoms with Crippen molar-refractivity contribution in [1.82, 2.24) is 19.4 Å². The summed E-state index contributed by atoms with van der Waals surface area (Å²) in [4.78, 5) is 33.3. The molecule has 0 atom stereocenters. The summed E-state index contributed by atoms with van der Waals surface area (Å²) in [5.41, 5.74) is 2.75. The van der Waals surface area contributed by atoms with Crippen molar-refractivity contribution in [3.05, 3.63) is 65.2 Å². The number of benzene rings is 1. The highest BCUT2D eigenvalue weighted by atomic mass is 19.1. The van der Waals surface area contributed by atoms with Gasteiger partial charge in [-0.15, -0.1) is 0 Å². The largest absolute Gasteiger partial charge is 0.479 e. The molecular formula is C26H29FN4O4. The van der Waals surface area contributed by atoms with Crippen molar-refractivity contribution in [2.75, 3.05) is 33.3 Å². The van der Waals surface area contributed by atoms with Crippen molar-refractivity contribution in [1.29, 1.82) is 0 Å². The molecule has 0 radical (unpaired) electrons. The van der Waals surface area contributed by atoms with Crippen LogP contribution in [0.3, 0.4) is 0 Å². The number of ether oxygens (including phenoxy) is 1. The first-order valence-corrected chi connectivity index (χ1v) is 11.9. The van der Waals surface area contributed by atoms with Crippen LogP contribution in [0.1, 0.15) is 29.7 Å². The number of pyridine rings is 1. The van der Waals surface area contributed by atoms with Crippen LogP contribution in [-0.4, -0.2) is 75.2 Å². The Morgan fingerprint density at radius 1 is 1.17 bits per heavy atom. The fraction of sp³-hybridized carbons (Fsp3) is 0.423. The van der Waals surface area contributed by atoms with Crippen LogP contribution in [0.25, 0.3) is 11.0 Å². The SMILES string of the molecule is COC1(C(=O)O)CCN(CC(=O)N2CCc3c(n(Cc4cccc(F)c4)c4ncccc34)C2)CC1. The lowest BCUT2D eigenvalue weighted by Crippen LogP contribution is -2.52. The second kappa shape index (κ2) is 9.39. The summed E-state index contributed by atoms with van der Waals surface area (Å²) in [7, 11) is 1.43. The summed E-state index contributed by atoms with van der Waals surface area (Å²) in [5, 5.41) is 10.6. The highest BCUT2D eigenvalue weighted by molar-refractivity contribution is 5.84. The number of carboxylic acid groups (broad SMARTS) is 1. The molecule has 0 bridgehead atoms. The minimum atomic E-state index is -1.16. The molecule has 3 aromatic rings. The normalized spacial score (nSPS) is 17.9. The van der Waals surface area contributed by atoms with E-state index >= 15 is 0 Å². The molecule has 9 heteroatoms. The van der Waals surface area contributed by atoms with Gasteiger partial charge in [0, 0.05) is 50.6 Å². The van der Waals surface area contributed by atoms with Gasteiger partial charge in [0.2, 0.25) is 5.91 Å². The number of hydrogen-bond acceptors (Lipinski definition) is 5. The van der Waals surface area contributed by atoms with Gasteiger partial charge in [0.25, 0.3) is 0 Å². The topological polar surface area (TPSA) is 87.9 Å². The quantitative estimate of drug-likeness (QED) is 0.584. The van der Waals surface area contributed by atoms with E-state index in [-0.39, 0.29) is 18.3 Å². The maximum absolute atomic E-state index is 13.8. The van der Waals surface area contributed by atoms with E-state index in [0.717, 1.165) is 28.7 Å². The molecule has 0 unspecified atom stereocenters. The smallest absolute Gasteiger partial charge is 0.336 e. The summed E-state index contributed by atoms with van der Waals surface area (Å²) < 4.78 is 21.2. The number of likely N-dealkylation sites (tertiary alicyclic amines) is 1. The first kappa shape index (κ1) is 23.4. The van der Waals surface area contributed by atoms with E-state index in [2.05, 4.69) is 15.6 Å². The van der Waals surface area contributed by atoms with Crippen molar-refractivity contribution >= 4 is 22.9 Å². The molecule has 184 valence electrons. The zero-order valence-electron chi connectivity index (χ0n) is 19.7. The number of carboxylic acids is 1. The fourth-order valence-corrected chi connectivity index (χ4v) is 5.33. The van der Waals surface area contributed by atoms with Crippen LogP contribution in [0.15, 0.2) is 42.6 Å². The molecule has 0 aliphatic carbocycles. The van der Waals surface area contributed by atoms with Crippen molar-refractivity contribution in [3.63, 3.8) is 0 Å². The highest BCUT2D eigenvalue weighted by Gasteiger charge is 2.42. The Balaban J connectivity index is 1.34. The predicted molar refractivity (Wildman–Crippen MR) is 127 cm³/mol. The Bertz CT molecular complexity index is 1270. The molecule has 35 heavy (non-hydrogen) atoms. The van der Waals surface area contributed by atoms with Gasteiger partial charge < -0.3 is 19.3 Å². The van der Waals surface area contributed by atoms with Gasteiger partial charge in [-0.2, -0.15) is 0 Å². The molecule has 1 fully saturated rings. The molecule has 1 aromatic carbocycles. The average molecular weight is 481 g/mol. The summed E-state index contributed by atoms with van der Waals surface area (Å²) >= 11 is 0. The van der Waals surface area contributed by atoms with E-state index < -0.39 is 11.6 Å². The minimum absolute atomic E-state index is 0.0198. The van der Waals surface area contributed by atoms with Crippen LogP contribution in [0, 0.1) is 5.82 Å². The highest BCUT2D eigenvalue weighted by Crippen LogP contribution is 2.31. The van der Waals surface area contributed by atoms with Crippen LogP contribution in [-0.2, 0) is 33.8 Å². The van der Waals surface area contributed by atoms with E-state index in [1.165, 1.54) is 24.8 Å². The number of fused-ring (bicyclic) bond motifs is 3. The number of carbonyl (C=O) groups is 2. The van der Waals surface area contributed by atoms with Crippen molar-refractivity contribution < 1.29 is 23.8 Å². The third kappa shape index (κ3) is 4.41. The number of methoxy groups -OCH3 is 1. The Kier molecular flexibility index (Phi) is 6.29. The standard InChI is InChI=1S/C26H29FN4O4/c1-35-26(25(33)34)8-12-29(13-9-26)17-23(32)30-11-7-20-21-6-3-10-28-24(21)31(22(20)16-30)15-18-4-2-5-19(27)14-18/h2-6,10,14H,7-9,11-13,15-17H2,1H3,(H,33,34). The van der Waals surface area contributed by atoms with Gasteiger partial charge in [-0.1, -0.05) is 12.1 Å². The summed E-state index contributed by atoms with van der Waals surface area (Å²) in [5.74, 6) is -1.21. The second-order valence-corrected chi connectivity index (χ2v) is 9.36. The predicted octanol–water partition coefficient (Wildman–Crippen LogP) is 2.67. The Labute approximate surface area is 202 Å². The molecule has 8 nitrogen and oxygen atoms in total. The van der Waals surface area contributed by atoms with Crippen LogP contribution in [0.5, 0.6) is 0 Å². The Hall–Kier alpha value is -3.30. The van der Waals surface area contributed by atoms with Crippen molar-refractivity contribution in [2.24, 2.45) is 0 Å². The maximum atomic E-state index is 13.8. The molecule has 0 saturated carbocycles. The molecule has 1 amide bonds. The Morgan fingerprint density at radius 3 is 2.69 bits per heavy atom. The molecule has 2 aliphatic heterocycles. The molecule has 1 saturated heterocycles. The first-order valence-electron chi connectivity index (χ1n) is 11.9. The lowest BCUT2D eigenvalue weighted by Gasteiger charge is -2.38. The zero-order chi connectivity index (χ0) is 24.6. The molecule has 5 rings (SSSR count). The van der Waals surface area contributed by atoms with Crippen molar-refractivity contribution in [3.8, 4) is 0 Å². The van der Waals surface area contributed by atoms with Crippen LogP contribution < -0.4 is 0 Å². The minimum Gasteiger partial charge on any atom is -0.479 e. The van der Waals surface area contributed by atoms with Gasteiger partial charge >= 0.3 is 5.97 Å². The van der Waals surface area contributed by atoms with E-state index in [0.29, 0.717) is 45.6 Å². The second-order valence-electron chi connectivity index (χ2n) is 9.36. The van der Waals surface area contributed by atoms with E-state index in [1.807, 2.05) is 21.9 Å². The number of nitrogens with zero attached hydrogens (tertiary/aromatic N) is 4. The lowest BCUT2D eigenvalue weighted by atomic mass is 9.91. The molecule has 2 aliphatic rings. The van der Waals surface area contributed by atoms with Gasteiger partial charge in [0.05, 0.1) is 13.1 Å². The zero-order valence-corrected chi connectivity index (χ0v) is 19.7. The summed E-state index contributed by atoms with van der Waals surface area (Å²) in [6.45, 7) is 2.79. The number of aromatic nitrogens is 2. The molecule has 4 heterocycles. The van der Waals surface area contributed by atoms with Gasteiger partial charge in [-0.05, 0) is 54.7 Å². The average Bonchev–Trinajstić information content (AvgIpc) is 3.17. The van der Waals surface area contributed by atoms with Gasteiger partial charge in [-0.25, -0.2) is 14.2 Å². The number of halogens is 1. The van der Waals surface area contributed by atoms with E-state index in [1.54, 1.807) is 12.3 Å². The monoisotopic (exact) mass is 480 g/mol. The molecular weight excluding hydrogens is 451 g/mol. The Morgan fingerprint density at radius 2 is 1.97 bits per heavy atom. The number of piperidine rings is 1. The number of aliphatic carboxylic acids is 1. The van der Waals surface area contributed by atoms with Crippen LogP contribution >= 0.6 is 0 Å². The van der Waals surface area contributed by atoms with Crippen LogP contribution in [0.4, 0.5) is 4.39 Å². The van der Waals surface area contributed by atoms with Crippen LogP contribution in [0.2, 0.25) is 0 Å². The lowest BCUT2D eigenvalue weighted by molar-refractivity contribution is -0.168. The maximum Gasteiger partial charge on any atom is 0.336 e. The van der Waals surface area contributed by atoms with Gasteiger partial charge in [0.1, 0.15) is 11.5 Å². The summed E-state index contributed by atoms with van der Waals surface area (Å²) in [6.07, 6.45) is 3.19. The number of amides is 1. The number of carbonyl (C=O) groups excluding carboxylic acids is 1. The summed E-state index contributed by atoms with van der Waals surface area (Å²) in [6, 6.07) is 10.5. The van der Waals surface area contributed by atoms with Gasteiger partial charge in [0.15, 0.2) is 5.60 Å². The molecule has 0 spiro atoms. The van der Waals surface area contributed by atoms with E-state index in [9.17, 15) is 19.1 Å². The van der Waals surface area contributed by atoms with Gasteiger partial charge in [-0.3, -0.25) is 9.69 Å². The molecule has 2 aromatic heterocycles. The van der Waals surface area contributed by atoms with E-state index in [4.69, 9.17) is 4.74 Å². The fourth-order valence-electron chi connectivity index (χ4n) is 5.33. The number of hydrogen-bond donors (Lipinski definition) is 1. The molecule has 1 N–H and O–H groups in total. The third-order valence-corrected chi connectivity index (χ3v) is 7.40. The third-order valence-electron chi connectivity index (χ3n) is 7.40. The first-order chi connectivity index (χ1) is 16.9. The number of rotatable bonds is 6. The van der Waals surface area contributed by atoms with Crippen molar-refractivity contribution in [2.45, 2.75) is 38.0 Å².